The molecule has 0 spiro atoms. The summed E-state index contributed by atoms with van der Waals surface area (Å²) in [4.78, 5) is 11.5. The van der Waals surface area contributed by atoms with Crippen LogP contribution < -0.4 is 4.74 Å². The predicted octanol–water partition coefficient (Wildman–Crippen LogP) is 3.68. The van der Waals surface area contributed by atoms with E-state index in [4.69, 9.17) is 4.74 Å². The number of aromatic hydroxyl groups is 1. The number of hydrogen-bond donors (Lipinski definition) is 1. The van der Waals surface area contributed by atoms with Crippen molar-refractivity contribution >= 4 is 17.2 Å². The predicted molar refractivity (Wildman–Crippen MR) is 86.7 cm³/mol. The number of hydrogen-bond acceptors (Lipinski definition) is 3. The number of ether oxygens (including phenoxy) is 1. The Morgan fingerprint density at radius 2 is 1.91 bits per heavy atom. The Hall–Kier alpha value is -2.75. The van der Waals surface area contributed by atoms with E-state index in [2.05, 4.69) is 0 Å². The van der Waals surface area contributed by atoms with E-state index in [0.29, 0.717) is 16.8 Å². The van der Waals surface area contributed by atoms with Gasteiger partial charge >= 0.3 is 0 Å². The maximum Gasteiger partial charge on any atom is 0.182 e. The highest BCUT2D eigenvalue weighted by atomic mass is 16.5. The third kappa shape index (κ3) is 1.88. The third-order valence-electron chi connectivity index (χ3n) is 4.06. The number of fused-ring (bicyclic) bond motifs is 1. The number of benzene rings is 2. The molecule has 1 aromatic heterocycles. The van der Waals surface area contributed by atoms with Crippen LogP contribution in [-0.2, 0) is 7.05 Å². The number of nitrogens with zero attached hydrogens (tertiary/aromatic N) is 1. The van der Waals surface area contributed by atoms with Gasteiger partial charge in [-0.05, 0) is 24.1 Å². The summed E-state index contributed by atoms with van der Waals surface area (Å²) in [6.07, 6.45) is 0.798. The van der Waals surface area contributed by atoms with Gasteiger partial charge in [-0.3, -0.25) is 4.79 Å². The van der Waals surface area contributed by atoms with E-state index in [0.717, 1.165) is 28.5 Å². The molecule has 0 aliphatic rings. The molecule has 4 heteroatoms. The van der Waals surface area contributed by atoms with Gasteiger partial charge in [0.2, 0.25) is 0 Å². The third-order valence-corrected chi connectivity index (χ3v) is 4.06. The first kappa shape index (κ1) is 14.2. The number of rotatable bonds is 3. The van der Waals surface area contributed by atoms with Gasteiger partial charge in [0.1, 0.15) is 0 Å². The Labute approximate surface area is 128 Å². The minimum Gasteiger partial charge on any atom is -0.503 e. The molecule has 4 nitrogen and oxygen atoms in total. The molecule has 2 aromatic carbocycles. The van der Waals surface area contributed by atoms with Crippen molar-refractivity contribution in [3.05, 3.63) is 47.5 Å². The highest BCUT2D eigenvalue weighted by Crippen LogP contribution is 2.42. The van der Waals surface area contributed by atoms with Crippen molar-refractivity contribution in [3.8, 4) is 22.8 Å². The quantitative estimate of drug-likeness (QED) is 0.750. The largest absolute Gasteiger partial charge is 0.503 e. The van der Waals surface area contributed by atoms with Gasteiger partial charge in [-0.25, -0.2) is 0 Å². The van der Waals surface area contributed by atoms with Gasteiger partial charge < -0.3 is 14.4 Å². The van der Waals surface area contributed by atoms with Gasteiger partial charge in [0.15, 0.2) is 17.8 Å². The Morgan fingerprint density at radius 1 is 1.23 bits per heavy atom. The highest BCUT2D eigenvalue weighted by molar-refractivity contribution is 6.06. The van der Waals surface area contributed by atoms with Crippen molar-refractivity contribution in [1.29, 1.82) is 0 Å². The van der Waals surface area contributed by atoms with Crippen LogP contribution >= 0.6 is 0 Å². The summed E-state index contributed by atoms with van der Waals surface area (Å²) < 4.78 is 7.09. The molecular formula is C18H17NO3. The standard InChI is InChI=1S/C18H17NO3/c1-11-15-13(10-20)9-14(22-3)18(21)17(15)19(2)16(11)12-7-5-4-6-8-12/h4-10,21H,1-3H3. The fraction of sp³-hybridized carbons (Fsp3) is 0.167. The average Bonchev–Trinajstić information content (AvgIpc) is 2.81. The smallest absolute Gasteiger partial charge is 0.182 e. The van der Waals surface area contributed by atoms with Crippen LogP contribution in [0.15, 0.2) is 36.4 Å². The van der Waals surface area contributed by atoms with E-state index >= 15 is 0 Å². The van der Waals surface area contributed by atoms with E-state index in [1.165, 1.54) is 7.11 Å². The van der Waals surface area contributed by atoms with Gasteiger partial charge in [0.05, 0.1) is 18.3 Å². The normalized spacial score (nSPS) is 10.9. The molecule has 0 aliphatic carbocycles. The van der Waals surface area contributed by atoms with Crippen LogP contribution in [0, 0.1) is 6.92 Å². The van der Waals surface area contributed by atoms with E-state index < -0.39 is 0 Å². The molecular weight excluding hydrogens is 278 g/mol. The molecule has 0 saturated carbocycles. The van der Waals surface area contributed by atoms with Gasteiger partial charge in [0, 0.05) is 18.0 Å². The Morgan fingerprint density at radius 3 is 2.50 bits per heavy atom. The number of methoxy groups -OCH3 is 1. The summed E-state index contributed by atoms with van der Waals surface area (Å²) in [6, 6.07) is 11.5. The van der Waals surface area contributed by atoms with Crippen molar-refractivity contribution in [2.75, 3.05) is 7.11 Å². The molecule has 3 aromatic rings. The molecule has 112 valence electrons. The number of aldehydes is 1. The summed E-state index contributed by atoms with van der Waals surface area (Å²) in [5.74, 6) is 0.352. The van der Waals surface area contributed by atoms with Crippen molar-refractivity contribution in [1.82, 2.24) is 4.57 Å². The fourth-order valence-electron chi connectivity index (χ4n) is 3.11. The summed E-state index contributed by atoms with van der Waals surface area (Å²) in [7, 11) is 3.36. The molecule has 0 unspecified atom stereocenters. The minimum atomic E-state index is 0.0517. The van der Waals surface area contributed by atoms with Crippen molar-refractivity contribution in [2.45, 2.75) is 6.92 Å². The van der Waals surface area contributed by atoms with E-state index in [-0.39, 0.29) is 5.75 Å². The minimum absolute atomic E-state index is 0.0517. The lowest BCUT2D eigenvalue weighted by Crippen LogP contribution is -1.94. The first-order valence-electron chi connectivity index (χ1n) is 6.99. The number of aryl methyl sites for hydroxylation is 2. The molecule has 22 heavy (non-hydrogen) atoms. The Kier molecular flexibility index (Phi) is 3.37. The van der Waals surface area contributed by atoms with Gasteiger partial charge in [-0.1, -0.05) is 30.3 Å². The zero-order valence-corrected chi connectivity index (χ0v) is 12.8. The Bertz CT molecular complexity index is 863. The first-order chi connectivity index (χ1) is 10.6. The molecule has 0 saturated heterocycles. The molecule has 0 radical (unpaired) electrons. The maximum atomic E-state index is 11.5. The summed E-state index contributed by atoms with van der Waals surface area (Å²) in [6.45, 7) is 1.96. The number of phenols is 1. The number of phenolic OH excluding ortho intramolecular Hbond substituents is 1. The second-order valence-corrected chi connectivity index (χ2v) is 5.26. The zero-order chi connectivity index (χ0) is 15.9. The average molecular weight is 295 g/mol. The molecule has 0 aliphatic heterocycles. The number of carbonyl (C=O) groups is 1. The summed E-state index contributed by atoms with van der Waals surface area (Å²) >= 11 is 0. The van der Waals surface area contributed by atoms with E-state index in [1.54, 1.807) is 6.07 Å². The van der Waals surface area contributed by atoms with Gasteiger partial charge in [-0.2, -0.15) is 0 Å². The molecule has 3 rings (SSSR count). The van der Waals surface area contributed by atoms with Crippen LogP contribution in [0.4, 0.5) is 0 Å². The van der Waals surface area contributed by atoms with E-state index in [1.807, 2.05) is 48.9 Å². The van der Waals surface area contributed by atoms with Crippen LogP contribution in [0.1, 0.15) is 15.9 Å². The SMILES string of the molecule is COc1cc(C=O)c2c(C)c(-c3ccccc3)n(C)c2c1O. The molecule has 0 amide bonds. The molecule has 0 atom stereocenters. The second-order valence-electron chi connectivity index (χ2n) is 5.26. The fourth-order valence-corrected chi connectivity index (χ4v) is 3.11. The molecule has 0 fully saturated rings. The van der Waals surface area contributed by atoms with Gasteiger partial charge in [0.25, 0.3) is 0 Å². The van der Waals surface area contributed by atoms with Crippen molar-refractivity contribution in [2.24, 2.45) is 7.05 Å². The van der Waals surface area contributed by atoms with E-state index in [9.17, 15) is 9.90 Å². The van der Waals surface area contributed by atoms with Gasteiger partial charge in [-0.15, -0.1) is 0 Å². The number of carbonyl (C=O) groups excluding carboxylic acids is 1. The van der Waals surface area contributed by atoms with Crippen molar-refractivity contribution in [3.63, 3.8) is 0 Å². The summed E-state index contributed by atoms with van der Waals surface area (Å²) in [5.41, 5.74) is 4.10. The lowest BCUT2D eigenvalue weighted by Gasteiger charge is -2.09. The van der Waals surface area contributed by atoms with Crippen LogP contribution in [0.5, 0.6) is 11.5 Å². The van der Waals surface area contributed by atoms with Crippen LogP contribution in [0.25, 0.3) is 22.2 Å². The van der Waals surface area contributed by atoms with Crippen LogP contribution in [-0.4, -0.2) is 23.1 Å². The summed E-state index contributed by atoms with van der Waals surface area (Å²) in [5, 5.41) is 11.2. The number of aromatic nitrogens is 1. The molecule has 0 bridgehead atoms. The first-order valence-corrected chi connectivity index (χ1v) is 6.99. The monoisotopic (exact) mass is 295 g/mol. The maximum absolute atomic E-state index is 11.5. The van der Waals surface area contributed by atoms with Crippen molar-refractivity contribution < 1.29 is 14.6 Å². The Balaban J connectivity index is 2.48. The van der Waals surface area contributed by atoms with Crippen LogP contribution in [0.3, 0.4) is 0 Å². The highest BCUT2D eigenvalue weighted by Gasteiger charge is 2.21. The molecule has 1 heterocycles. The lowest BCUT2D eigenvalue weighted by molar-refractivity contribution is 0.112. The molecule has 1 N–H and O–H groups in total. The van der Waals surface area contributed by atoms with Crippen LogP contribution in [0.2, 0.25) is 0 Å². The zero-order valence-electron chi connectivity index (χ0n) is 12.8. The topological polar surface area (TPSA) is 51.5 Å². The second kappa shape index (κ2) is 5.22. The lowest BCUT2D eigenvalue weighted by atomic mass is 10.0.